The predicted octanol–water partition coefficient (Wildman–Crippen LogP) is 3.60. The minimum Gasteiger partial charge on any atom is -0.379 e. The molecule has 0 saturated carbocycles. The summed E-state index contributed by atoms with van der Waals surface area (Å²) in [5.41, 5.74) is 1.65. The van der Waals surface area contributed by atoms with Gasteiger partial charge in [-0.15, -0.1) is 12.4 Å². The summed E-state index contributed by atoms with van der Waals surface area (Å²) in [5, 5.41) is 0. The summed E-state index contributed by atoms with van der Waals surface area (Å²) in [6, 6.07) is 20.8. The molecule has 2 fully saturated rings. The number of carbonyl (C=O) groups is 1. The molecule has 2 aliphatic rings. The summed E-state index contributed by atoms with van der Waals surface area (Å²) < 4.78 is 5.50. The lowest BCUT2D eigenvalue weighted by molar-refractivity contribution is -0.131. The molecule has 2 saturated heterocycles. The SMILES string of the molecule is CCN1C[C@@H](CCN2CCOCC2)C(c2ccccc2)(c2ccccc2)C1=O.Cl. The van der Waals surface area contributed by atoms with E-state index in [-0.39, 0.29) is 24.2 Å². The molecular formula is C24H31ClN2O2. The summed E-state index contributed by atoms with van der Waals surface area (Å²) in [4.78, 5) is 18.3. The molecule has 4 rings (SSSR count). The maximum absolute atomic E-state index is 13.8. The van der Waals surface area contributed by atoms with Crippen molar-refractivity contribution in [2.45, 2.75) is 18.8 Å². The van der Waals surface area contributed by atoms with Gasteiger partial charge in [-0.05, 0) is 31.0 Å². The number of carbonyl (C=O) groups excluding carboxylic acids is 1. The van der Waals surface area contributed by atoms with Crippen LogP contribution in [-0.4, -0.2) is 61.6 Å². The number of amides is 1. The Labute approximate surface area is 180 Å². The third-order valence-electron chi connectivity index (χ3n) is 6.42. The van der Waals surface area contributed by atoms with Crippen LogP contribution in [0.5, 0.6) is 0 Å². The fourth-order valence-electron chi connectivity index (χ4n) is 4.94. The van der Waals surface area contributed by atoms with Crippen LogP contribution in [0.25, 0.3) is 0 Å². The maximum Gasteiger partial charge on any atom is 0.238 e. The van der Waals surface area contributed by atoms with E-state index in [9.17, 15) is 4.79 Å². The van der Waals surface area contributed by atoms with Crippen molar-refractivity contribution in [3.05, 3.63) is 71.8 Å². The van der Waals surface area contributed by atoms with Gasteiger partial charge in [-0.25, -0.2) is 0 Å². The minimum absolute atomic E-state index is 0. The van der Waals surface area contributed by atoms with E-state index >= 15 is 0 Å². The van der Waals surface area contributed by atoms with Gasteiger partial charge in [0.05, 0.1) is 13.2 Å². The first-order chi connectivity index (χ1) is 13.8. The molecule has 29 heavy (non-hydrogen) atoms. The van der Waals surface area contributed by atoms with E-state index in [1.165, 1.54) is 0 Å². The Morgan fingerprint density at radius 3 is 2.03 bits per heavy atom. The predicted molar refractivity (Wildman–Crippen MR) is 119 cm³/mol. The Morgan fingerprint density at radius 1 is 0.966 bits per heavy atom. The van der Waals surface area contributed by atoms with Crippen LogP contribution in [0.15, 0.2) is 60.7 Å². The van der Waals surface area contributed by atoms with Gasteiger partial charge in [-0.3, -0.25) is 9.69 Å². The molecule has 0 N–H and O–H groups in total. The first-order valence-corrected chi connectivity index (χ1v) is 10.5. The largest absolute Gasteiger partial charge is 0.379 e. The van der Waals surface area contributed by atoms with E-state index in [4.69, 9.17) is 4.74 Å². The number of hydrogen-bond acceptors (Lipinski definition) is 3. The molecule has 156 valence electrons. The first kappa shape index (κ1) is 21.8. The number of benzene rings is 2. The summed E-state index contributed by atoms with van der Waals surface area (Å²) in [7, 11) is 0. The van der Waals surface area contributed by atoms with Gasteiger partial charge in [0.15, 0.2) is 0 Å². The molecule has 5 heteroatoms. The van der Waals surface area contributed by atoms with Crippen LogP contribution in [0.4, 0.5) is 0 Å². The van der Waals surface area contributed by atoms with Crippen molar-refractivity contribution in [1.29, 1.82) is 0 Å². The molecule has 4 nitrogen and oxygen atoms in total. The smallest absolute Gasteiger partial charge is 0.238 e. The highest BCUT2D eigenvalue weighted by atomic mass is 35.5. The van der Waals surface area contributed by atoms with E-state index in [2.05, 4.69) is 60.4 Å². The van der Waals surface area contributed by atoms with E-state index in [0.29, 0.717) is 0 Å². The van der Waals surface area contributed by atoms with Crippen LogP contribution in [0.2, 0.25) is 0 Å². The number of rotatable bonds is 6. The second-order valence-corrected chi connectivity index (χ2v) is 7.82. The molecule has 0 aliphatic carbocycles. The van der Waals surface area contributed by atoms with Crippen molar-refractivity contribution in [2.75, 3.05) is 45.9 Å². The van der Waals surface area contributed by atoms with Crippen LogP contribution < -0.4 is 0 Å². The van der Waals surface area contributed by atoms with Crippen LogP contribution >= 0.6 is 12.4 Å². The van der Waals surface area contributed by atoms with Gasteiger partial charge < -0.3 is 9.64 Å². The Morgan fingerprint density at radius 2 is 1.52 bits per heavy atom. The zero-order valence-electron chi connectivity index (χ0n) is 17.1. The van der Waals surface area contributed by atoms with Gasteiger partial charge in [0.2, 0.25) is 5.91 Å². The highest BCUT2D eigenvalue weighted by Gasteiger charge is 2.55. The van der Waals surface area contributed by atoms with Gasteiger partial charge >= 0.3 is 0 Å². The van der Waals surface area contributed by atoms with Gasteiger partial charge in [-0.1, -0.05) is 60.7 Å². The van der Waals surface area contributed by atoms with Crippen molar-refractivity contribution in [1.82, 2.24) is 9.80 Å². The third-order valence-corrected chi connectivity index (χ3v) is 6.42. The lowest BCUT2D eigenvalue weighted by Gasteiger charge is -2.36. The molecule has 0 spiro atoms. The molecule has 0 unspecified atom stereocenters. The zero-order chi connectivity index (χ0) is 19.4. The summed E-state index contributed by atoms with van der Waals surface area (Å²) >= 11 is 0. The lowest BCUT2D eigenvalue weighted by Crippen LogP contribution is -2.43. The number of likely N-dealkylation sites (tertiary alicyclic amines) is 1. The van der Waals surface area contributed by atoms with Crippen LogP contribution in [-0.2, 0) is 14.9 Å². The summed E-state index contributed by atoms with van der Waals surface area (Å²) in [5.74, 6) is 0.506. The highest BCUT2D eigenvalue weighted by molar-refractivity contribution is 5.94. The van der Waals surface area contributed by atoms with Gasteiger partial charge in [0, 0.05) is 32.1 Å². The Balaban J connectivity index is 0.00000240. The van der Waals surface area contributed by atoms with E-state index in [1.807, 2.05) is 17.0 Å². The monoisotopic (exact) mass is 414 g/mol. The molecule has 2 heterocycles. The molecule has 0 radical (unpaired) electrons. The lowest BCUT2D eigenvalue weighted by atomic mass is 9.66. The average molecular weight is 415 g/mol. The average Bonchev–Trinajstić information content (AvgIpc) is 3.06. The van der Waals surface area contributed by atoms with Gasteiger partial charge in [-0.2, -0.15) is 0 Å². The van der Waals surface area contributed by atoms with Crippen LogP contribution in [0.1, 0.15) is 24.5 Å². The quantitative estimate of drug-likeness (QED) is 0.724. The number of nitrogens with zero attached hydrogens (tertiary/aromatic N) is 2. The molecule has 0 bridgehead atoms. The second-order valence-electron chi connectivity index (χ2n) is 7.82. The minimum atomic E-state index is -0.592. The Hall–Kier alpha value is -1.88. The molecule has 0 aromatic heterocycles. The van der Waals surface area contributed by atoms with E-state index < -0.39 is 5.41 Å². The third kappa shape index (κ3) is 4.07. The Kier molecular flexibility index (Phi) is 7.33. The van der Waals surface area contributed by atoms with E-state index in [1.54, 1.807) is 0 Å². The molecule has 1 atom stereocenters. The van der Waals surface area contributed by atoms with Crippen LogP contribution in [0, 0.1) is 5.92 Å². The fraction of sp³-hybridized carbons (Fsp3) is 0.458. The normalized spacial score (nSPS) is 21.8. The van der Waals surface area contributed by atoms with Crippen molar-refractivity contribution in [3.63, 3.8) is 0 Å². The van der Waals surface area contributed by atoms with Crippen molar-refractivity contribution >= 4 is 18.3 Å². The fourth-order valence-corrected chi connectivity index (χ4v) is 4.94. The standard InChI is InChI=1S/C24H30N2O2.ClH/c1-2-26-19-22(13-14-25-15-17-28-18-16-25)24(23(26)27,20-9-5-3-6-10-20)21-11-7-4-8-12-21;/h3-12,22H,2,13-19H2,1H3;1H/t22-;/m1./s1. The molecule has 2 aliphatic heterocycles. The maximum atomic E-state index is 13.8. The number of morpholine rings is 1. The number of halogens is 1. The second kappa shape index (κ2) is 9.75. The summed E-state index contributed by atoms with van der Waals surface area (Å²) in [6.45, 7) is 8.28. The molecule has 2 aromatic rings. The van der Waals surface area contributed by atoms with Crippen molar-refractivity contribution < 1.29 is 9.53 Å². The van der Waals surface area contributed by atoms with Gasteiger partial charge in [0.25, 0.3) is 0 Å². The first-order valence-electron chi connectivity index (χ1n) is 10.5. The topological polar surface area (TPSA) is 32.8 Å². The molecule has 1 amide bonds. The van der Waals surface area contributed by atoms with Gasteiger partial charge in [0.1, 0.15) is 5.41 Å². The van der Waals surface area contributed by atoms with Crippen molar-refractivity contribution in [3.8, 4) is 0 Å². The Bertz CT molecular complexity index is 738. The highest BCUT2D eigenvalue weighted by Crippen LogP contribution is 2.47. The van der Waals surface area contributed by atoms with Crippen LogP contribution in [0.3, 0.4) is 0 Å². The number of hydrogen-bond donors (Lipinski definition) is 0. The van der Waals surface area contributed by atoms with Crippen molar-refractivity contribution in [2.24, 2.45) is 5.92 Å². The number of likely N-dealkylation sites (N-methyl/N-ethyl adjacent to an activating group) is 1. The molecule has 2 aromatic carbocycles. The molecular weight excluding hydrogens is 384 g/mol. The van der Waals surface area contributed by atoms with E-state index in [0.717, 1.165) is 63.5 Å². The number of ether oxygens (including phenoxy) is 1. The zero-order valence-corrected chi connectivity index (χ0v) is 17.9. The summed E-state index contributed by atoms with van der Waals surface area (Å²) in [6.07, 6.45) is 1.01.